The fourth-order valence-electron chi connectivity index (χ4n) is 9.25. The lowest BCUT2D eigenvalue weighted by Crippen LogP contribution is -2.61. The van der Waals surface area contributed by atoms with Crippen LogP contribution in [0.25, 0.3) is 0 Å². The number of carbonyl (C=O) groups is 5. The highest BCUT2D eigenvalue weighted by molar-refractivity contribution is 5.92. The Balaban J connectivity index is 1.47. The number of hydrogen-bond donors (Lipinski definition) is 3. The number of benzene rings is 1. The second-order valence-electron chi connectivity index (χ2n) is 17.4. The fraction of sp³-hybridized carbons (Fsp3) is 0.750. The maximum atomic E-state index is 14.3. The molecule has 58 heavy (non-hydrogen) atoms. The molecule has 0 radical (unpaired) electrons. The Hall–Kier alpha value is -3.75. The summed E-state index contributed by atoms with van der Waals surface area (Å²) in [6, 6.07) is 3.56. The van der Waals surface area contributed by atoms with Crippen LogP contribution in [0.3, 0.4) is 0 Å². The van der Waals surface area contributed by atoms with Crippen molar-refractivity contribution in [2.45, 2.75) is 141 Å². The topological polar surface area (TPSA) is 159 Å². The van der Waals surface area contributed by atoms with Gasteiger partial charge < -0.3 is 40.0 Å². The highest BCUT2D eigenvalue weighted by atomic mass is 16.5. The Labute approximate surface area is 346 Å². The van der Waals surface area contributed by atoms with Crippen LogP contribution in [0, 0.1) is 17.8 Å². The molecule has 1 aromatic carbocycles. The van der Waals surface area contributed by atoms with Crippen molar-refractivity contribution in [2.75, 3.05) is 60.4 Å². The van der Waals surface area contributed by atoms with Gasteiger partial charge in [-0.2, -0.15) is 0 Å². The van der Waals surface area contributed by atoms with Crippen LogP contribution in [-0.4, -0.2) is 141 Å². The van der Waals surface area contributed by atoms with E-state index in [9.17, 15) is 24.0 Å². The minimum atomic E-state index is -0.899. The Morgan fingerprint density at radius 2 is 1.72 bits per heavy atom. The zero-order valence-electron chi connectivity index (χ0n) is 37.0. The van der Waals surface area contributed by atoms with E-state index in [-0.39, 0.29) is 48.3 Å². The Morgan fingerprint density at radius 1 is 1.00 bits per heavy atom. The fourth-order valence-corrected chi connectivity index (χ4v) is 9.25. The molecule has 0 aliphatic carbocycles. The highest BCUT2D eigenvalue weighted by Crippen LogP contribution is 2.31. The van der Waals surface area contributed by atoms with E-state index >= 15 is 0 Å². The maximum absolute atomic E-state index is 14.3. The van der Waals surface area contributed by atoms with Gasteiger partial charge in [0.2, 0.25) is 23.6 Å². The number of ether oxygens (including phenoxy) is 3. The van der Waals surface area contributed by atoms with Crippen molar-refractivity contribution >= 4 is 35.3 Å². The quantitative estimate of drug-likeness (QED) is 0.176. The molecule has 14 heteroatoms. The van der Waals surface area contributed by atoms with Crippen LogP contribution in [0.4, 0.5) is 5.69 Å². The number of rotatable bonds is 19. The Bertz CT molecular complexity index is 1590. The van der Waals surface area contributed by atoms with Gasteiger partial charge in [-0.3, -0.25) is 24.1 Å². The van der Waals surface area contributed by atoms with Crippen molar-refractivity contribution in [1.29, 1.82) is 0 Å². The molecule has 0 spiro atoms. The molecule has 2 fully saturated rings. The maximum Gasteiger partial charge on any atom is 0.328 e. The summed E-state index contributed by atoms with van der Waals surface area (Å²) in [5, 5.41) is 9.42. The van der Waals surface area contributed by atoms with E-state index in [1.807, 2.05) is 58.7 Å². The third kappa shape index (κ3) is 10.7. The van der Waals surface area contributed by atoms with Gasteiger partial charge in [-0.15, -0.1) is 0 Å². The number of likely N-dealkylation sites (tertiary alicyclic amines) is 2. The van der Waals surface area contributed by atoms with Crippen molar-refractivity contribution in [3.05, 3.63) is 29.3 Å². The third-order valence-corrected chi connectivity index (χ3v) is 13.3. The summed E-state index contributed by atoms with van der Waals surface area (Å²) in [6.45, 7) is 13.9. The van der Waals surface area contributed by atoms with Crippen LogP contribution in [0.15, 0.2) is 18.2 Å². The summed E-state index contributed by atoms with van der Waals surface area (Å²) < 4.78 is 17.1. The molecule has 3 aliphatic heterocycles. The van der Waals surface area contributed by atoms with Crippen molar-refractivity contribution in [2.24, 2.45) is 17.8 Å². The molecule has 4 amide bonds. The molecule has 3 heterocycles. The summed E-state index contributed by atoms with van der Waals surface area (Å²) in [6.07, 6.45) is 4.73. The van der Waals surface area contributed by atoms with Crippen LogP contribution in [-0.2, 0) is 51.0 Å². The van der Waals surface area contributed by atoms with Crippen LogP contribution >= 0.6 is 0 Å². The van der Waals surface area contributed by atoms with Crippen LogP contribution in [0.5, 0.6) is 0 Å². The van der Waals surface area contributed by atoms with Crippen molar-refractivity contribution in [3.63, 3.8) is 0 Å². The second kappa shape index (κ2) is 21.0. The standard InChI is InChI=1S/C44H72N6O8/c1-12-28(4)38(49(8)41(53)37(27(2)3)47-43(55)44(6)20-15-22-48(44)7)35(56-9)26-36(51)50-23-14-17-34(50)39(57-10)29(5)40(52)46-33(42(54)58-11)25-30-18-19-32-31(24-30)16-13-21-45-32/h18-19,24,27-29,33-35,37-39,45H,12-17,20-23,25-26H2,1-11H3,(H,46,52)(H,47,55)/t28-,29+,33+,34-,35+,37-,38-,39+,44+/m0/s1. The summed E-state index contributed by atoms with van der Waals surface area (Å²) in [7, 11) is 8.10. The Kier molecular flexibility index (Phi) is 17.0. The molecule has 3 N–H and O–H groups in total. The number of hydrogen-bond acceptors (Lipinski definition) is 10. The summed E-state index contributed by atoms with van der Waals surface area (Å²) in [5.74, 6) is -2.34. The number of anilines is 1. The van der Waals surface area contributed by atoms with Crippen LogP contribution in [0.1, 0.15) is 97.6 Å². The first-order valence-electron chi connectivity index (χ1n) is 21.4. The first-order valence-corrected chi connectivity index (χ1v) is 21.4. The van der Waals surface area contributed by atoms with E-state index in [2.05, 4.69) is 22.0 Å². The van der Waals surface area contributed by atoms with Crippen LogP contribution in [0.2, 0.25) is 0 Å². The first kappa shape index (κ1) is 46.9. The van der Waals surface area contributed by atoms with Gasteiger partial charge in [-0.25, -0.2) is 4.79 Å². The molecule has 326 valence electrons. The van der Waals surface area contributed by atoms with Gasteiger partial charge in [-0.1, -0.05) is 53.2 Å². The number of amides is 4. The van der Waals surface area contributed by atoms with Gasteiger partial charge in [-0.05, 0) is 88.1 Å². The van der Waals surface area contributed by atoms with Crippen molar-refractivity contribution in [3.8, 4) is 0 Å². The number of esters is 1. The average Bonchev–Trinajstić information content (AvgIpc) is 3.84. The van der Waals surface area contributed by atoms with Gasteiger partial charge in [0.1, 0.15) is 12.1 Å². The summed E-state index contributed by atoms with van der Waals surface area (Å²) in [5.41, 5.74) is 2.52. The molecule has 9 atom stereocenters. The monoisotopic (exact) mass is 813 g/mol. The number of nitrogens with zero attached hydrogens (tertiary/aromatic N) is 3. The summed E-state index contributed by atoms with van der Waals surface area (Å²) in [4.78, 5) is 74.6. The average molecular weight is 813 g/mol. The number of carbonyl (C=O) groups excluding carboxylic acids is 5. The van der Waals surface area contributed by atoms with E-state index in [0.717, 1.165) is 62.9 Å². The number of likely N-dealkylation sites (N-methyl/N-ethyl adjacent to an activating group) is 2. The lowest BCUT2D eigenvalue weighted by Gasteiger charge is -2.41. The lowest BCUT2D eigenvalue weighted by atomic mass is 9.89. The van der Waals surface area contributed by atoms with Gasteiger partial charge in [0.25, 0.3) is 0 Å². The van der Waals surface area contributed by atoms with E-state index in [1.54, 1.807) is 38.0 Å². The van der Waals surface area contributed by atoms with Crippen molar-refractivity contribution in [1.82, 2.24) is 25.3 Å². The molecule has 0 aromatic heterocycles. The van der Waals surface area contributed by atoms with E-state index in [1.165, 1.54) is 12.7 Å². The molecule has 0 saturated carbocycles. The Morgan fingerprint density at radius 3 is 2.33 bits per heavy atom. The predicted octanol–water partition coefficient (Wildman–Crippen LogP) is 3.79. The molecule has 1 aromatic rings. The smallest absolute Gasteiger partial charge is 0.328 e. The first-order chi connectivity index (χ1) is 27.5. The lowest BCUT2D eigenvalue weighted by molar-refractivity contribution is -0.149. The minimum Gasteiger partial charge on any atom is -0.467 e. The molecule has 0 unspecified atom stereocenters. The normalized spacial score (nSPS) is 23.1. The molecular weight excluding hydrogens is 741 g/mol. The van der Waals surface area contributed by atoms with Gasteiger partial charge >= 0.3 is 5.97 Å². The zero-order valence-corrected chi connectivity index (χ0v) is 37.0. The SMILES string of the molecule is CC[C@H](C)[C@@H]([C@@H](CC(=O)N1CCC[C@H]1[C@H](OC)[C@@H](C)C(=O)N[C@H](Cc1ccc2c(c1)CCCN2)C(=O)OC)OC)N(C)C(=O)[C@@H](NC(=O)[C@@]1(C)CCCN1C)C(C)C. The zero-order chi connectivity index (χ0) is 42.9. The van der Waals surface area contributed by atoms with Crippen LogP contribution < -0.4 is 16.0 Å². The van der Waals surface area contributed by atoms with Gasteiger partial charge in [0.05, 0.1) is 49.3 Å². The van der Waals surface area contributed by atoms with Crippen molar-refractivity contribution < 1.29 is 38.2 Å². The minimum absolute atomic E-state index is 0.0128. The molecule has 0 bridgehead atoms. The summed E-state index contributed by atoms with van der Waals surface area (Å²) >= 11 is 0. The van der Waals surface area contributed by atoms with E-state index in [0.29, 0.717) is 13.0 Å². The predicted molar refractivity (Wildman–Crippen MR) is 224 cm³/mol. The third-order valence-electron chi connectivity index (χ3n) is 13.3. The number of methoxy groups -OCH3 is 3. The number of aryl methyl sites for hydroxylation is 1. The molecule has 14 nitrogen and oxygen atoms in total. The molecular formula is C44H72N6O8. The number of nitrogens with one attached hydrogen (secondary N) is 3. The molecule has 4 rings (SSSR count). The second-order valence-corrected chi connectivity index (χ2v) is 17.4. The highest BCUT2D eigenvalue weighted by Gasteiger charge is 2.45. The van der Waals surface area contributed by atoms with E-state index in [4.69, 9.17) is 14.2 Å². The largest absolute Gasteiger partial charge is 0.467 e. The van der Waals surface area contributed by atoms with Gasteiger partial charge in [0.15, 0.2) is 0 Å². The molecule has 3 aliphatic rings. The van der Waals surface area contributed by atoms with Gasteiger partial charge in [0, 0.05) is 46.5 Å². The molecule has 2 saturated heterocycles. The van der Waals surface area contributed by atoms with E-state index < -0.39 is 53.8 Å². The number of fused-ring (bicyclic) bond motifs is 1.